The van der Waals surface area contributed by atoms with Crippen LogP contribution in [0.1, 0.15) is 31.4 Å². The molecule has 1 aliphatic rings. The lowest BCUT2D eigenvalue weighted by atomic mass is 10.0. The van der Waals surface area contributed by atoms with E-state index in [-0.39, 0.29) is 17.4 Å². The minimum Gasteiger partial charge on any atom is -0.485 e. The first-order chi connectivity index (χ1) is 7.15. The van der Waals surface area contributed by atoms with Crippen LogP contribution in [0.5, 0.6) is 5.75 Å². The van der Waals surface area contributed by atoms with Crippen LogP contribution in [-0.4, -0.2) is 6.10 Å². The Labute approximate surface area is 87.0 Å². The highest BCUT2D eigenvalue weighted by atomic mass is 19.1. The third-order valence-corrected chi connectivity index (χ3v) is 2.67. The molecular formula is C11H13F2NO. The number of halogens is 2. The van der Waals surface area contributed by atoms with Crippen LogP contribution in [0.15, 0.2) is 12.1 Å². The Morgan fingerprint density at radius 1 is 1.33 bits per heavy atom. The molecule has 2 atom stereocenters. The Bertz CT molecular complexity index is 381. The zero-order chi connectivity index (χ0) is 11.0. The van der Waals surface area contributed by atoms with Crippen LogP contribution in [0.25, 0.3) is 0 Å². The summed E-state index contributed by atoms with van der Waals surface area (Å²) in [6.45, 7) is 1.98. The highest BCUT2D eigenvalue weighted by molar-refractivity contribution is 5.42. The van der Waals surface area contributed by atoms with Crippen molar-refractivity contribution in [3.05, 3.63) is 29.3 Å². The quantitative estimate of drug-likeness (QED) is 0.819. The fourth-order valence-corrected chi connectivity index (χ4v) is 1.91. The highest BCUT2D eigenvalue weighted by Gasteiger charge is 2.35. The molecule has 15 heavy (non-hydrogen) atoms. The van der Waals surface area contributed by atoms with Crippen molar-refractivity contribution in [2.75, 3.05) is 0 Å². The largest absolute Gasteiger partial charge is 0.485 e. The summed E-state index contributed by atoms with van der Waals surface area (Å²) in [4.78, 5) is 0. The standard InChI is InChI=1S/C11H13F2NO/c1-2-3-8-10(14)9-6(12)4-5-7(13)11(9)15-8/h4-5,8,10H,2-3,14H2,1H3. The average molecular weight is 213 g/mol. The lowest BCUT2D eigenvalue weighted by molar-refractivity contribution is 0.188. The molecular weight excluding hydrogens is 200 g/mol. The summed E-state index contributed by atoms with van der Waals surface area (Å²) in [5.74, 6) is -1.04. The van der Waals surface area contributed by atoms with Gasteiger partial charge in [-0.2, -0.15) is 0 Å². The van der Waals surface area contributed by atoms with Crippen LogP contribution in [-0.2, 0) is 0 Å². The van der Waals surface area contributed by atoms with Crippen molar-refractivity contribution < 1.29 is 13.5 Å². The Balaban J connectivity index is 2.40. The molecule has 0 saturated carbocycles. The second kappa shape index (κ2) is 3.77. The van der Waals surface area contributed by atoms with Crippen LogP contribution in [0.3, 0.4) is 0 Å². The molecule has 1 aromatic rings. The van der Waals surface area contributed by atoms with Gasteiger partial charge in [0.15, 0.2) is 11.6 Å². The van der Waals surface area contributed by atoms with Gasteiger partial charge < -0.3 is 10.5 Å². The zero-order valence-electron chi connectivity index (χ0n) is 8.47. The van der Waals surface area contributed by atoms with E-state index in [0.717, 1.165) is 18.6 Å². The molecule has 0 bridgehead atoms. The molecule has 4 heteroatoms. The van der Waals surface area contributed by atoms with Gasteiger partial charge in [0.1, 0.15) is 11.9 Å². The Hall–Kier alpha value is -1.16. The molecule has 1 aromatic carbocycles. The van der Waals surface area contributed by atoms with E-state index in [1.165, 1.54) is 0 Å². The molecule has 82 valence electrons. The van der Waals surface area contributed by atoms with Gasteiger partial charge in [0.2, 0.25) is 0 Å². The van der Waals surface area contributed by atoms with Crippen molar-refractivity contribution in [2.45, 2.75) is 31.9 Å². The van der Waals surface area contributed by atoms with Crippen LogP contribution in [0.4, 0.5) is 8.78 Å². The second-order valence-electron chi connectivity index (χ2n) is 3.74. The minimum absolute atomic E-state index is 0.0130. The second-order valence-corrected chi connectivity index (χ2v) is 3.74. The first-order valence-electron chi connectivity index (χ1n) is 5.05. The normalized spacial score (nSPS) is 23.7. The van der Waals surface area contributed by atoms with Gasteiger partial charge >= 0.3 is 0 Å². The summed E-state index contributed by atoms with van der Waals surface area (Å²) in [7, 11) is 0. The van der Waals surface area contributed by atoms with Gasteiger partial charge in [-0.05, 0) is 18.6 Å². The van der Waals surface area contributed by atoms with Crippen molar-refractivity contribution in [3.63, 3.8) is 0 Å². The van der Waals surface area contributed by atoms with Crippen molar-refractivity contribution in [2.24, 2.45) is 5.73 Å². The van der Waals surface area contributed by atoms with Crippen molar-refractivity contribution in [3.8, 4) is 5.75 Å². The molecule has 0 aromatic heterocycles. The third-order valence-electron chi connectivity index (χ3n) is 2.67. The highest BCUT2D eigenvalue weighted by Crippen LogP contribution is 2.40. The maximum absolute atomic E-state index is 13.4. The molecule has 0 radical (unpaired) electrons. The van der Waals surface area contributed by atoms with Crippen molar-refractivity contribution >= 4 is 0 Å². The van der Waals surface area contributed by atoms with Crippen LogP contribution in [0, 0.1) is 11.6 Å². The average Bonchev–Trinajstić information content (AvgIpc) is 2.53. The monoisotopic (exact) mass is 213 g/mol. The van der Waals surface area contributed by atoms with Gasteiger partial charge in [-0.15, -0.1) is 0 Å². The molecule has 1 aliphatic heterocycles. The Morgan fingerprint density at radius 3 is 2.60 bits per heavy atom. The van der Waals surface area contributed by atoms with Gasteiger partial charge in [0, 0.05) is 0 Å². The maximum atomic E-state index is 13.4. The fraction of sp³-hybridized carbons (Fsp3) is 0.455. The molecule has 0 fully saturated rings. The molecule has 0 aliphatic carbocycles. The SMILES string of the molecule is CCCC1Oc2c(F)ccc(F)c2C1N. The summed E-state index contributed by atoms with van der Waals surface area (Å²) in [6, 6.07) is 1.59. The van der Waals surface area contributed by atoms with Gasteiger partial charge in [0.05, 0.1) is 11.6 Å². The van der Waals surface area contributed by atoms with E-state index in [1.807, 2.05) is 6.92 Å². The molecule has 2 nitrogen and oxygen atoms in total. The van der Waals surface area contributed by atoms with Crippen LogP contribution < -0.4 is 10.5 Å². The van der Waals surface area contributed by atoms with E-state index >= 15 is 0 Å². The van der Waals surface area contributed by atoms with E-state index in [2.05, 4.69) is 0 Å². The summed E-state index contributed by atoms with van der Waals surface area (Å²) in [5.41, 5.74) is 5.99. The fourth-order valence-electron chi connectivity index (χ4n) is 1.91. The predicted molar refractivity (Wildman–Crippen MR) is 52.6 cm³/mol. The van der Waals surface area contributed by atoms with E-state index < -0.39 is 17.7 Å². The van der Waals surface area contributed by atoms with Crippen LogP contribution >= 0.6 is 0 Å². The van der Waals surface area contributed by atoms with Gasteiger partial charge in [-0.1, -0.05) is 13.3 Å². The summed E-state index contributed by atoms with van der Waals surface area (Å²) >= 11 is 0. The van der Waals surface area contributed by atoms with Crippen LogP contribution in [0.2, 0.25) is 0 Å². The Morgan fingerprint density at radius 2 is 2.00 bits per heavy atom. The number of hydrogen-bond donors (Lipinski definition) is 1. The summed E-state index contributed by atoms with van der Waals surface area (Å²) in [5, 5.41) is 0. The maximum Gasteiger partial charge on any atom is 0.165 e. The molecule has 2 unspecified atom stereocenters. The molecule has 1 heterocycles. The molecule has 2 rings (SSSR count). The van der Waals surface area contributed by atoms with Crippen molar-refractivity contribution in [1.82, 2.24) is 0 Å². The number of rotatable bonds is 2. The van der Waals surface area contributed by atoms with Gasteiger partial charge in [-0.3, -0.25) is 0 Å². The number of ether oxygens (including phenoxy) is 1. The number of hydrogen-bond acceptors (Lipinski definition) is 2. The zero-order valence-corrected chi connectivity index (χ0v) is 8.47. The van der Waals surface area contributed by atoms with E-state index in [4.69, 9.17) is 10.5 Å². The first-order valence-corrected chi connectivity index (χ1v) is 5.05. The summed E-state index contributed by atoms with van der Waals surface area (Å²) in [6.07, 6.45) is 1.26. The topological polar surface area (TPSA) is 35.2 Å². The first kappa shape index (κ1) is 10.4. The van der Waals surface area contributed by atoms with Gasteiger partial charge in [-0.25, -0.2) is 8.78 Å². The minimum atomic E-state index is -0.560. The molecule has 0 saturated heterocycles. The molecule has 0 amide bonds. The molecule has 0 spiro atoms. The number of nitrogens with two attached hydrogens (primary N) is 1. The van der Waals surface area contributed by atoms with Gasteiger partial charge in [0.25, 0.3) is 0 Å². The summed E-state index contributed by atoms with van der Waals surface area (Å²) < 4.78 is 32.0. The van der Waals surface area contributed by atoms with E-state index in [0.29, 0.717) is 6.42 Å². The Kier molecular flexibility index (Phi) is 2.61. The van der Waals surface area contributed by atoms with Crippen molar-refractivity contribution in [1.29, 1.82) is 0 Å². The number of fused-ring (bicyclic) bond motifs is 1. The lowest BCUT2D eigenvalue weighted by Gasteiger charge is -2.13. The molecule has 2 N–H and O–H groups in total. The smallest absolute Gasteiger partial charge is 0.165 e. The van der Waals surface area contributed by atoms with E-state index in [1.54, 1.807) is 0 Å². The van der Waals surface area contributed by atoms with E-state index in [9.17, 15) is 8.78 Å². The lowest BCUT2D eigenvalue weighted by Crippen LogP contribution is -2.25. The number of benzene rings is 1. The predicted octanol–water partition coefficient (Wildman–Crippen LogP) is 2.53. The third kappa shape index (κ3) is 1.59.